The number of esters is 3. The van der Waals surface area contributed by atoms with Crippen LogP contribution in [0.25, 0.3) is 11.0 Å². The van der Waals surface area contributed by atoms with Crippen LogP contribution in [0.4, 0.5) is 5.69 Å². The first-order valence-corrected chi connectivity index (χ1v) is 14.0. The molecule has 0 fully saturated rings. The second kappa shape index (κ2) is 16.2. The van der Waals surface area contributed by atoms with Gasteiger partial charge in [0.05, 0.1) is 41.4 Å². The van der Waals surface area contributed by atoms with Gasteiger partial charge in [-0.2, -0.15) is 0 Å². The summed E-state index contributed by atoms with van der Waals surface area (Å²) >= 11 is 6.39. The SMILES string of the molecule is C=CC(=O)OCCOC(=O)CCCOc1cc([N+](=O)[O-])c(C(C)Oc2cc3oc(=O)c(C(=O)OCC)cc3cc2Cl)cc1CO. The first kappa shape index (κ1) is 34.5. The molecule has 0 saturated carbocycles. The Labute approximate surface area is 261 Å². The van der Waals surface area contributed by atoms with Gasteiger partial charge in [0.2, 0.25) is 0 Å². The van der Waals surface area contributed by atoms with Crippen LogP contribution in [0, 0.1) is 10.1 Å². The van der Waals surface area contributed by atoms with E-state index >= 15 is 0 Å². The summed E-state index contributed by atoms with van der Waals surface area (Å²) in [4.78, 5) is 58.5. The maximum absolute atomic E-state index is 12.3. The molecule has 0 spiro atoms. The molecule has 0 aliphatic heterocycles. The van der Waals surface area contributed by atoms with E-state index in [9.17, 15) is 34.4 Å². The van der Waals surface area contributed by atoms with E-state index in [4.69, 9.17) is 39.7 Å². The maximum atomic E-state index is 12.3. The van der Waals surface area contributed by atoms with Crippen LogP contribution in [0.5, 0.6) is 11.5 Å². The van der Waals surface area contributed by atoms with Crippen LogP contribution >= 0.6 is 11.6 Å². The molecule has 0 amide bonds. The van der Waals surface area contributed by atoms with Crippen LogP contribution in [0.15, 0.2) is 52.2 Å². The van der Waals surface area contributed by atoms with Crippen molar-refractivity contribution in [3.8, 4) is 11.5 Å². The number of aliphatic hydroxyl groups is 1. The minimum Gasteiger partial charge on any atom is -0.493 e. The highest BCUT2D eigenvalue weighted by Gasteiger charge is 2.25. The van der Waals surface area contributed by atoms with E-state index in [2.05, 4.69) is 6.58 Å². The van der Waals surface area contributed by atoms with Crippen molar-refractivity contribution in [1.29, 1.82) is 0 Å². The molecule has 1 N–H and O–H groups in total. The molecule has 0 aliphatic carbocycles. The predicted molar refractivity (Wildman–Crippen MR) is 158 cm³/mol. The number of rotatable bonds is 16. The largest absolute Gasteiger partial charge is 0.493 e. The zero-order valence-electron chi connectivity index (χ0n) is 24.4. The number of benzene rings is 2. The number of aliphatic hydroxyl groups excluding tert-OH is 1. The van der Waals surface area contributed by atoms with Crippen LogP contribution in [-0.2, 0) is 30.4 Å². The zero-order chi connectivity index (χ0) is 33.1. The molecule has 1 aromatic heterocycles. The van der Waals surface area contributed by atoms with Gasteiger partial charge in [-0.05, 0) is 38.5 Å². The molecule has 0 bridgehead atoms. The van der Waals surface area contributed by atoms with E-state index in [-0.39, 0.29) is 83.8 Å². The Morgan fingerprint density at radius 1 is 1.09 bits per heavy atom. The number of ether oxygens (including phenoxy) is 5. The van der Waals surface area contributed by atoms with Crippen molar-refractivity contribution >= 4 is 46.2 Å². The van der Waals surface area contributed by atoms with Crippen LogP contribution in [-0.4, -0.2) is 54.4 Å². The van der Waals surface area contributed by atoms with Crippen molar-refractivity contribution in [2.75, 3.05) is 26.4 Å². The number of nitrogens with zero attached hydrogens (tertiary/aromatic N) is 1. The molecule has 3 aromatic rings. The third kappa shape index (κ3) is 9.27. The molecular weight excluding hydrogens is 618 g/mol. The van der Waals surface area contributed by atoms with E-state index in [1.54, 1.807) is 6.92 Å². The first-order chi connectivity index (χ1) is 21.5. The quantitative estimate of drug-likeness (QED) is 0.0432. The van der Waals surface area contributed by atoms with Crippen molar-refractivity contribution in [3.05, 3.63) is 85.2 Å². The number of nitro groups is 1. The second-order valence-corrected chi connectivity index (χ2v) is 9.63. The van der Waals surface area contributed by atoms with E-state index in [0.29, 0.717) is 5.39 Å². The number of carbonyl (C=O) groups is 3. The smallest absolute Gasteiger partial charge is 0.351 e. The summed E-state index contributed by atoms with van der Waals surface area (Å²) in [6.45, 7) is 5.64. The van der Waals surface area contributed by atoms with Crippen LogP contribution in [0.1, 0.15) is 54.3 Å². The third-order valence-electron chi connectivity index (χ3n) is 6.14. The molecule has 2 aromatic carbocycles. The standard InChI is InChI=1S/C30H30ClNO13/c1-4-27(34)42-9-10-43-28(35)7-6-8-41-24-14-23(32(38)39)20(12-19(24)16-33)17(3)44-26-15-25-18(13-22(26)31)11-21(30(37)45-25)29(36)40-5-2/h4,11-15,17,33H,1,5-10,16H2,2-3H3. The van der Waals surface area contributed by atoms with Gasteiger partial charge in [0.1, 0.15) is 42.0 Å². The predicted octanol–water partition coefficient (Wildman–Crippen LogP) is 4.60. The molecule has 1 heterocycles. The third-order valence-corrected chi connectivity index (χ3v) is 6.44. The Balaban J connectivity index is 1.73. The minimum atomic E-state index is -0.981. The lowest BCUT2D eigenvalue weighted by Gasteiger charge is -2.19. The normalized spacial score (nSPS) is 11.4. The highest BCUT2D eigenvalue weighted by atomic mass is 35.5. The molecule has 1 unspecified atom stereocenters. The molecule has 0 aliphatic rings. The number of halogens is 1. The molecule has 14 nitrogen and oxygen atoms in total. The lowest BCUT2D eigenvalue weighted by atomic mass is 10.0. The molecule has 0 radical (unpaired) electrons. The molecule has 0 saturated heterocycles. The van der Waals surface area contributed by atoms with E-state index < -0.39 is 41.2 Å². The van der Waals surface area contributed by atoms with Crippen molar-refractivity contribution in [3.63, 3.8) is 0 Å². The number of hydrogen-bond donors (Lipinski definition) is 1. The van der Waals surface area contributed by atoms with E-state index in [1.165, 1.54) is 31.2 Å². The lowest BCUT2D eigenvalue weighted by Crippen LogP contribution is -2.16. The van der Waals surface area contributed by atoms with Gasteiger partial charge >= 0.3 is 23.5 Å². The van der Waals surface area contributed by atoms with Gasteiger partial charge in [0.15, 0.2) is 0 Å². The maximum Gasteiger partial charge on any atom is 0.351 e. The monoisotopic (exact) mass is 647 g/mol. The van der Waals surface area contributed by atoms with Crippen molar-refractivity contribution < 1.29 is 52.5 Å². The van der Waals surface area contributed by atoms with Gasteiger partial charge < -0.3 is 33.2 Å². The summed E-state index contributed by atoms with van der Waals surface area (Å²) in [5.74, 6) is -1.98. The van der Waals surface area contributed by atoms with Gasteiger partial charge in [-0.3, -0.25) is 14.9 Å². The van der Waals surface area contributed by atoms with Gasteiger partial charge in [0, 0.05) is 29.5 Å². The summed E-state index contributed by atoms with van der Waals surface area (Å²) in [5.41, 5.74) is -1.24. The molecule has 15 heteroatoms. The van der Waals surface area contributed by atoms with Crippen molar-refractivity contribution in [1.82, 2.24) is 0 Å². The van der Waals surface area contributed by atoms with Crippen LogP contribution in [0.3, 0.4) is 0 Å². The van der Waals surface area contributed by atoms with Crippen LogP contribution < -0.4 is 15.1 Å². The minimum absolute atomic E-state index is 0.0219. The molecule has 3 rings (SSSR count). The molecule has 45 heavy (non-hydrogen) atoms. The summed E-state index contributed by atoms with van der Waals surface area (Å²) in [5, 5.41) is 22.3. The Morgan fingerprint density at radius 3 is 2.49 bits per heavy atom. The number of hydrogen-bond acceptors (Lipinski definition) is 13. The molecular formula is C30H30ClNO13. The van der Waals surface area contributed by atoms with Crippen LogP contribution in [0.2, 0.25) is 5.02 Å². The Hall–Kier alpha value is -4.95. The Bertz CT molecular complexity index is 1650. The number of carbonyl (C=O) groups excluding carboxylic acids is 3. The first-order valence-electron chi connectivity index (χ1n) is 13.6. The zero-order valence-corrected chi connectivity index (χ0v) is 25.1. The number of nitro benzene ring substituents is 1. The molecule has 1 atom stereocenters. The van der Waals surface area contributed by atoms with Gasteiger partial charge in [-0.1, -0.05) is 18.2 Å². The van der Waals surface area contributed by atoms with E-state index in [1.807, 2.05) is 0 Å². The Morgan fingerprint density at radius 2 is 1.82 bits per heavy atom. The Kier molecular flexibility index (Phi) is 12.4. The lowest BCUT2D eigenvalue weighted by molar-refractivity contribution is -0.386. The van der Waals surface area contributed by atoms with Gasteiger partial charge in [-0.15, -0.1) is 0 Å². The van der Waals surface area contributed by atoms with Gasteiger partial charge in [0.25, 0.3) is 5.69 Å². The highest BCUT2D eigenvalue weighted by molar-refractivity contribution is 6.32. The average molecular weight is 648 g/mol. The topological polar surface area (TPSA) is 191 Å². The molecule has 240 valence electrons. The summed E-state index contributed by atoms with van der Waals surface area (Å²) in [6, 6.07) is 6.51. The number of fused-ring (bicyclic) bond motifs is 1. The van der Waals surface area contributed by atoms with Crippen molar-refractivity contribution in [2.45, 2.75) is 39.4 Å². The highest BCUT2D eigenvalue weighted by Crippen LogP contribution is 2.38. The van der Waals surface area contributed by atoms with E-state index in [0.717, 1.165) is 12.1 Å². The summed E-state index contributed by atoms with van der Waals surface area (Å²) in [7, 11) is 0. The fraction of sp³-hybridized carbons (Fsp3) is 0.333. The second-order valence-electron chi connectivity index (χ2n) is 9.23. The van der Waals surface area contributed by atoms with Gasteiger partial charge in [-0.25, -0.2) is 14.4 Å². The fourth-order valence-electron chi connectivity index (χ4n) is 4.02. The van der Waals surface area contributed by atoms with Crippen molar-refractivity contribution in [2.24, 2.45) is 0 Å². The summed E-state index contributed by atoms with van der Waals surface area (Å²) in [6.07, 6.45) is 0.165. The fourth-order valence-corrected chi connectivity index (χ4v) is 4.23. The summed E-state index contributed by atoms with van der Waals surface area (Å²) < 4.78 is 31.3. The average Bonchev–Trinajstić information content (AvgIpc) is 3.01.